The van der Waals surface area contributed by atoms with Crippen molar-refractivity contribution in [2.75, 3.05) is 0 Å². The molecule has 0 saturated heterocycles. The van der Waals surface area contributed by atoms with E-state index >= 15 is 0 Å². The Morgan fingerprint density at radius 2 is 1.03 bits per heavy atom. The average Bonchev–Trinajstić information content (AvgIpc) is 3.27. The van der Waals surface area contributed by atoms with Crippen molar-refractivity contribution in [3.05, 3.63) is 35.0 Å². The number of hydrogen-bond donors (Lipinski definition) is 0. The number of alkyl halides is 6. The highest BCUT2D eigenvalue weighted by atomic mass is 19.3. The van der Waals surface area contributed by atoms with Crippen molar-refractivity contribution in [2.24, 2.45) is 5.41 Å². The summed E-state index contributed by atoms with van der Waals surface area (Å²) in [5.41, 5.74) is -23.8. The van der Waals surface area contributed by atoms with Crippen LogP contribution in [0.15, 0.2) is 35.0 Å². The zero-order valence-electron chi connectivity index (χ0n) is 16.0. The average molecular weight is 550 g/mol. The smallest absolute Gasteiger partial charge is 0.292 e. The van der Waals surface area contributed by atoms with Crippen molar-refractivity contribution in [3.63, 3.8) is 0 Å². The molecule has 0 heterocycles. The highest BCUT2D eigenvalue weighted by Gasteiger charge is 2.99. The molecule has 1 saturated carbocycles. The molecule has 0 aromatic carbocycles. The summed E-state index contributed by atoms with van der Waals surface area (Å²) in [5, 5.41) is 42.5. The van der Waals surface area contributed by atoms with E-state index in [-0.39, 0.29) is 0 Å². The van der Waals surface area contributed by atoms with Gasteiger partial charge in [0.25, 0.3) is 6.43 Å². The number of carbonyl (C=O) groups excluding carboxylic acids is 4. The van der Waals surface area contributed by atoms with Gasteiger partial charge in [0.1, 0.15) is 5.41 Å². The highest BCUT2D eigenvalue weighted by molar-refractivity contribution is 6.03. The molecule has 202 valence electrons. The van der Waals surface area contributed by atoms with Gasteiger partial charge in [0, 0.05) is 0 Å². The normalized spacial score (nSPS) is 29.0. The Bertz CT molecular complexity index is 1090. The van der Waals surface area contributed by atoms with Crippen molar-refractivity contribution in [3.8, 4) is 0 Å². The fraction of sp³-hybridized carbons (Fsp3) is 0.375. The Balaban J connectivity index is 4.12. The second-order valence-electron chi connectivity index (χ2n) is 6.55. The van der Waals surface area contributed by atoms with Crippen LogP contribution in [0.4, 0.5) is 52.7 Å². The summed E-state index contributed by atoms with van der Waals surface area (Å²) in [6.45, 7) is 0. The number of hydrogen-bond acceptors (Lipinski definition) is 8. The first-order chi connectivity index (χ1) is 16.1. The van der Waals surface area contributed by atoms with E-state index in [4.69, 9.17) is 0 Å². The topological polar surface area (TPSA) is 161 Å². The minimum atomic E-state index is -6.00. The number of aliphatic carboxylic acids is 4. The second kappa shape index (κ2) is 9.04. The molecule has 1 aliphatic rings. The van der Waals surface area contributed by atoms with Gasteiger partial charge in [-0.25, -0.2) is 52.7 Å². The largest absolute Gasteiger partial charge is 0.546 e. The summed E-state index contributed by atoms with van der Waals surface area (Å²) in [6.07, 6.45) is -10.4. The van der Waals surface area contributed by atoms with Crippen LogP contribution in [0, 0.1) is 5.41 Å². The fourth-order valence-corrected chi connectivity index (χ4v) is 3.08. The molecule has 8 nitrogen and oxygen atoms in total. The Morgan fingerprint density at radius 3 is 1.31 bits per heavy atom. The van der Waals surface area contributed by atoms with Gasteiger partial charge in [-0.05, 0) is 0 Å². The Labute approximate surface area is 187 Å². The molecule has 1 rings (SSSR count). The summed E-state index contributed by atoms with van der Waals surface area (Å²) in [4.78, 5) is 42.5. The standard InChI is InChI=1S/C16H6F12O8/c17-1(2(18)5(21)13(26,9(29)30)10(31)32)3(19)6(22)14(7(23)4(20)8(24)25)15(27,11(33)34)16(14,28)12(35)36/h6,8H,(H,29,30)(H,31,32)(H,33,34)(H,35,36)/p-4/b3-1+,5-2+,7-4+. The summed E-state index contributed by atoms with van der Waals surface area (Å²) in [5.74, 6) is -40.0. The maximum absolute atomic E-state index is 14.6. The van der Waals surface area contributed by atoms with Crippen LogP contribution >= 0.6 is 0 Å². The van der Waals surface area contributed by atoms with Gasteiger partial charge in [0.05, 0.1) is 23.9 Å². The van der Waals surface area contributed by atoms with E-state index in [1.807, 2.05) is 0 Å². The van der Waals surface area contributed by atoms with Crippen molar-refractivity contribution in [1.82, 2.24) is 0 Å². The monoisotopic (exact) mass is 550 g/mol. The van der Waals surface area contributed by atoms with Crippen LogP contribution in [0.5, 0.6) is 0 Å². The minimum Gasteiger partial charge on any atom is -0.546 e. The first-order valence-electron chi connectivity index (χ1n) is 8.10. The minimum absolute atomic E-state index is 3.80. The molecule has 0 aliphatic heterocycles. The number of carboxylic acids is 4. The number of halogens is 12. The van der Waals surface area contributed by atoms with Crippen LogP contribution in [-0.4, -0.2) is 53.5 Å². The van der Waals surface area contributed by atoms with Crippen molar-refractivity contribution in [2.45, 2.75) is 29.6 Å². The number of allylic oxidation sites excluding steroid dienone is 5. The lowest BCUT2D eigenvalue weighted by atomic mass is 9.89. The first-order valence-corrected chi connectivity index (χ1v) is 8.10. The molecular formula is C16H2F12O8-4. The molecule has 0 radical (unpaired) electrons. The SMILES string of the molecule is O=C([O-])C(F)(C(=O)[O-])/C(F)=C(F)/C(F)=C(\F)C(F)C1(/C(F)=C(\F)C(F)F)C(F)(C(=O)[O-])C1(F)C(=O)[O-]. The highest BCUT2D eigenvalue weighted by Crippen LogP contribution is 2.77. The third-order valence-electron chi connectivity index (χ3n) is 4.87. The molecule has 3 unspecified atom stereocenters. The maximum atomic E-state index is 14.6. The van der Waals surface area contributed by atoms with Crippen molar-refractivity contribution in [1.29, 1.82) is 0 Å². The van der Waals surface area contributed by atoms with E-state index in [2.05, 4.69) is 0 Å². The number of rotatable bonds is 10. The van der Waals surface area contributed by atoms with Crippen LogP contribution in [-0.2, 0) is 19.2 Å². The Hall–Kier alpha value is -3.74. The van der Waals surface area contributed by atoms with Gasteiger partial charge in [0.15, 0.2) is 41.1 Å². The van der Waals surface area contributed by atoms with Gasteiger partial charge in [-0.1, -0.05) is 0 Å². The Kier molecular flexibility index (Phi) is 7.61. The summed E-state index contributed by atoms with van der Waals surface area (Å²) < 4.78 is 165. The molecule has 1 fully saturated rings. The van der Waals surface area contributed by atoms with Gasteiger partial charge in [0.2, 0.25) is 17.0 Å². The van der Waals surface area contributed by atoms with Gasteiger partial charge in [-0.3, -0.25) is 0 Å². The number of carbonyl (C=O) groups is 4. The van der Waals surface area contributed by atoms with E-state index in [0.29, 0.717) is 0 Å². The molecule has 3 atom stereocenters. The molecule has 0 bridgehead atoms. The second-order valence-corrected chi connectivity index (χ2v) is 6.55. The third-order valence-corrected chi connectivity index (χ3v) is 4.87. The van der Waals surface area contributed by atoms with Crippen LogP contribution < -0.4 is 20.4 Å². The van der Waals surface area contributed by atoms with E-state index in [1.54, 1.807) is 0 Å². The quantitative estimate of drug-likeness (QED) is 0.174. The molecule has 0 aromatic heterocycles. The molecule has 0 spiro atoms. The molecule has 36 heavy (non-hydrogen) atoms. The van der Waals surface area contributed by atoms with Crippen LogP contribution in [0.25, 0.3) is 0 Å². The first kappa shape index (κ1) is 30.3. The molecule has 20 heteroatoms. The lowest BCUT2D eigenvalue weighted by molar-refractivity contribution is -0.341. The summed E-state index contributed by atoms with van der Waals surface area (Å²) in [6, 6.07) is 0. The maximum Gasteiger partial charge on any atom is 0.292 e. The molecule has 0 aromatic rings. The van der Waals surface area contributed by atoms with E-state index in [0.717, 1.165) is 0 Å². The van der Waals surface area contributed by atoms with E-state index in [1.165, 1.54) is 0 Å². The van der Waals surface area contributed by atoms with Crippen LogP contribution in [0.2, 0.25) is 0 Å². The molecule has 1 aliphatic carbocycles. The molecular weight excluding hydrogens is 548 g/mol. The summed E-state index contributed by atoms with van der Waals surface area (Å²) in [7, 11) is 0. The van der Waals surface area contributed by atoms with Crippen LogP contribution in [0.1, 0.15) is 0 Å². The van der Waals surface area contributed by atoms with Gasteiger partial charge >= 0.3 is 0 Å². The van der Waals surface area contributed by atoms with Crippen molar-refractivity contribution < 1.29 is 92.3 Å². The van der Waals surface area contributed by atoms with E-state index < -0.39 is 93.9 Å². The zero-order chi connectivity index (χ0) is 28.9. The van der Waals surface area contributed by atoms with Gasteiger partial charge in [-0.2, -0.15) is 0 Å². The van der Waals surface area contributed by atoms with E-state index in [9.17, 15) is 92.3 Å². The lowest BCUT2D eigenvalue weighted by Crippen LogP contribution is -2.57. The number of carboxylic acid groups (broad SMARTS) is 4. The van der Waals surface area contributed by atoms with Gasteiger partial charge in [-0.15, -0.1) is 0 Å². The fourth-order valence-electron chi connectivity index (χ4n) is 3.08. The predicted molar refractivity (Wildman–Crippen MR) is 72.6 cm³/mol. The summed E-state index contributed by atoms with van der Waals surface area (Å²) >= 11 is 0. The lowest BCUT2D eigenvalue weighted by Gasteiger charge is -2.26. The van der Waals surface area contributed by atoms with Crippen molar-refractivity contribution >= 4 is 23.9 Å². The zero-order valence-corrected chi connectivity index (χ0v) is 16.0. The molecule has 0 N–H and O–H groups in total. The van der Waals surface area contributed by atoms with Crippen LogP contribution in [0.3, 0.4) is 0 Å². The van der Waals surface area contributed by atoms with Gasteiger partial charge < -0.3 is 39.6 Å². The molecule has 0 amide bonds. The predicted octanol–water partition coefficient (Wildman–Crippen LogP) is -1.83. The Morgan fingerprint density at radius 1 is 0.667 bits per heavy atom. The third kappa shape index (κ3) is 3.40.